The molecule has 0 saturated heterocycles. The number of fused-ring (bicyclic) bond motifs is 1. The first kappa shape index (κ1) is 15.6. The molecule has 0 spiro atoms. The number of hydrogen-bond acceptors (Lipinski definition) is 4. The van der Waals surface area contributed by atoms with Crippen molar-refractivity contribution in [2.75, 3.05) is 18.7 Å². The van der Waals surface area contributed by atoms with Crippen molar-refractivity contribution in [1.29, 1.82) is 0 Å². The summed E-state index contributed by atoms with van der Waals surface area (Å²) in [6.07, 6.45) is 0.391. The average molecular weight is 333 g/mol. The Morgan fingerprint density at radius 1 is 1.09 bits per heavy atom. The van der Waals surface area contributed by atoms with Crippen LogP contribution in [0.3, 0.4) is 0 Å². The van der Waals surface area contributed by atoms with Crippen LogP contribution in [0.2, 0.25) is 5.02 Å². The molecule has 2 aromatic rings. The van der Waals surface area contributed by atoms with Crippen molar-refractivity contribution in [3.63, 3.8) is 0 Å². The first-order valence-corrected chi connectivity index (χ1v) is 7.73. The number of benzene rings is 2. The van der Waals surface area contributed by atoms with Crippen molar-refractivity contribution >= 4 is 23.2 Å². The maximum absolute atomic E-state index is 11.9. The Morgan fingerprint density at radius 3 is 2.70 bits per heavy atom. The summed E-state index contributed by atoms with van der Waals surface area (Å²) >= 11 is 5.84. The molecule has 6 heteroatoms. The molecule has 2 N–H and O–H groups in total. The van der Waals surface area contributed by atoms with E-state index in [1.165, 1.54) is 0 Å². The van der Waals surface area contributed by atoms with E-state index >= 15 is 0 Å². The van der Waals surface area contributed by atoms with Gasteiger partial charge in [-0.1, -0.05) is 23.7 Å². The molecule has 1 aliphatic heterocycles. The molecule has 3 rings (SSSR count). The molecule has 0 fully saturated rings. The van der Waals surface area contributed by atoms with E-state index in [0.717, 1.165) is 10.6 Å². The van der Waals surface area contributed by atoms with E-state index in [2.05, 4.69) is 10.6 Å². The number of ether oxygens (including phenoxy) is 2. The number of anilines is 1. The highest BCUT2D eigenvalue weighted by atomic mass is 35.5. The predicted octanol–water partition coefficient (Wildman–Crippen LogP) is 3.19. The van der Waals surface area contributed by atoms with Crippen LogP contribution in [-0.4, -0.2) is 19.2 Å². The van der Waals surface area contributed by atoms with E-state index < -0.39 is 0 Å². The minimum Gasteiger partial charge on any atom is -0.454 e. The fourth-order valence-electron chi connectivity index (χ4n) is 2.23. The van der Waals surface area contributed by atoms with Gasteiger partial charge in [0.15, 0.2) is 11.5 Å². The first-order valence-electron chi connectivity index (χ1n) is 7.35. The summed E-state index contributed by atoms with van der Waals surface area (Å²) in [7, 11) is 0. The van der Waals surface area contributed by atoms with Gasteiger partial charge in [-0.05, 0) is 29.8 Å². The second-order valence-corrected chi connectivity index (χ2v) is 5.61. The Balaban J connectivity index is 1.40. The zero-order valence-corrected chi connectivity index (χ0v) is 13.2. The van der Waals surface area contributed by atoms with Crippen LogP contribution in [-0.2, 0) is 11.3 Å². The van der Waals surface area contributed by atoms with E-state index in [4.69, 9.17) is 21.1 Å². The van der Waals surface area contributed by atoms with Crippen LogP contribution in [0, 0.1) is 0 Å². The summed E-state index contributed by atoms with van der Waals surface area (Å²) in [5, 5.41) is 6.80. The van der Waals surface area contributed by atoms with Gasteiger partial charge in [0.25, 0.3) is 0 Å². The molecule has 0 aromatic heterocycles. The SMILES string of the molecule is O=C(CCNCc1ccc(Cl)cc1)Nc1ccc2c(c1)OCO2. The van der Waals surface area contributed by atoms with Crippen LogP contribution in [0.1, 0.15) is 12.0 Å². The first-order chi connectivity index (χ1) is 11.2. The van der Waals surface area contributed by atoms with Gasteiger partial charge in [-0.15, -0.1) is 0 Å². The largest absolute Gasteiger partial charge is 0.454 e. The van der Waals surface area contributed by atoms with Gasteiger partial charge in [-0.25, -0.2) is 0 Å². The Hall–Kier alpha value is -2.24. The van der Waals surface area contributed by atoms with Crippen molar-refractivity contribution in [1.82, 2.24) is 5.32 Å². The monoisotopic (exact) mass is 332 g/mol. The Morgan fingerprint density at radius 2 is 1.87 bits per heavy atom. The number of carbonyl (C=O) groups excluding carboxylic acids is 1. The fourth-order valence-corrected chi connectivity index (χ4v) is 2.36. The van der Waals surface area contributed by atoms with Gasteiger partial charge in [-0.3, -0.25) is 4.79 Å². The van der Waals surface area contributed by atoms with Gasteiger partial charge in [0.1, 0.15) is 0 Å². The second-order valence-electron chi connectivity index (χ2n) is 5.17. The summed E-state index contributed by atoms with van der Waals surface area (Å²) in [6.45, 7) is 1.52. The molecule has 1 amide bonds. The number of nitrogens with one attached hydrogen (secondary N) is 2. The van der Waals surface area contributed by atoms with Crippen molar-refractivity contribution in [2.24, 2.45) is 0 Å². The molecule has 0 bridgehead atoms. The van der Waals surface area contributed by atoms with Gasteiger partial charge >= 0.3 is 0 Å². The number of rotatable bonds is 6. The highest BCUT2D eigenvalue weighted by Gasteiger charge is 2.13. The molecule has 0 aliphatic carbocycles. The highest BCUT2D eigenvalue weighted by molar-refractivity contribution is 6.30. The predicted molar refractivity (Wildman–Crippen MR) is 89.0 cm³/mol. The molecule has 23 heavy (non-hydrogen) atoms. The van der Waals surface area contributed by atoms with Crippen LogP contribution in [0.15, 0.2) is 42.5 Å². The standard InChI is InChI=1S/C17H17ClN2O3/c18-13-3-1-12(2-4-13)10-19-8-7-17(21)20-14-5-6-15-16(9-14)23-11-22-15/h1-6,9,19H,7-8,10-11H2,(H,20,21). The average Bonchev–Trinajstić information content (AvgIpc) is 3.01. The summed E-state index contributed by atoms with van der Waals surface area (Å²) in [4.78, 5) is 11.9. The smallest absolute Gasteiger partial charge is 0.231 e. The lowest BCUT2D eigenvalue weighted by atomic mass is 10.2. The molecular weight excluding hydrogens is 316 g/mol. The molecular formula is C17H17ClN2O3. The third kappa shape index (κ3) is 4.37. The molecule has 0 saturated carbocycles. The van der Waals surface area contributed by atoms with Crippen molar-refractivity contribution in [2.45, 2.75) is 13.0 Å². The Kier molecular flexibility index (Phi) is 5.00. The second kappa shape index (κ2) is 7.35. The van der Waals surface area contributed by atoms with Gasteiger partial charge in [0.2, 0.25) is 12.7 Å². The maximum atomic E-state index is 11.9. The van der Waals surface area contributed by atoms with Gasteiger partial charge < -0.3 is 20.1 Å². The number of hydrogen-bond donors (Lipinski definition) is 2. The third-order valence-electron chi connectivity index (χ3n) is 3.43. The fraction of sp³-hybridized carbons (Fsp3) is 0.235. The summed E-state index contributed by atoms with van der Waals surface area (Å²) in [5.41, 5.74) is 1.84. The van der Waals surface area contributed by atoms with Gasteiger partial charge in [0, 0.05) is 36.3 Å². The Labute approximate surface area is 139 Å². The minimum absolute atomic E-state index is 0.0486. The molecule has 0 atom stereocenters. The van der Waals surface area contributed by atoms with Crippen molar-refractivity contribution in [3.8, 4) is 11.5 Å². The molecule has 1 heterocycles. The molecule has 120 valence electrons. The van der Waals surface area contributed by atoms with E-state index in [1.54, 1.807) is 18.2 Å². The Bertz CT molecular complexity index is 689. The van der Waals surface area contributed by atoms with Crippen molar-refractivity contribution < 1.29 is 14.3 Å². The quantitative estimate of drug-likeness (QED) is 0.798. The van der Waals surface area contributed by atoms with Crippen molar-refractivity contribution in [3.05, 3.63) is 53.1 Å². The molecule has 0 unspecified atom stereocenters. The topological polar surface area (TPSA) is 59.6 Å². The van der Waals surface area contributed by atoms with Crippen LogP contribution in [0.25, 0.3) is 0 Å². The van der Waals surface area contributed by atoms with E-state index in [0.29, 0.717) is 36.7 Å². The lowest BCUT2D eigenvalue weighted by Gasteiger charge is -2.07. The van der Waals surface area contributed by atoms with E-state index in [9.17, 15) is 4.79 Å². The number of amides is 1. The summed E-state index contributed by atoms with van der Waals surface area (Å²) in [5.74, 6) is 1.31. The number of carbonyl (C=O) groups is 1. The lowest BCUT2D eigenvalue weighted by Crippen LogP contribution is -2.21. The van der Waals surface area contributed by atoms with Crippen LogP contribution < -0.4 is 20.1 Å². The zero-order chi connectivity index (χ0) is 16.1. The minimum atomic E-state index is -0.0486. The van der Waals surface area contributed by atoms with Gasteiger partial charge in [-0.2, -0.15) is 0 Å². The van der Waals surface area contributed by atoms with E-state index in [1.807, 2.05) is 24.3 Å². The molecule has 5 nitrogen and oxygen atoms in total. The molecule has 0 radical (unpaired) electrons. The zero-order valence-electron chi connectivity index (χ0n) is 12.5. The number of halogens is 1. The van der Waals surface area contributed by atoms with Crippen LogP contribution >= 0.6 is 11.6 Å². The maximum Gasteiger partial charge on any atom is 0.231 e. The molecule has 1 aliphatic rings. The molecule has 2 aromatic carbocycles. The summed E-state index contributed by atoms with van der Waals surface area (Å²) < 4.78 is 10.5. The highest BCUT2D eigenvalue weighted by Crippen LogP contribution is 2.34. The normalized spacial score (nSPS) is 12.2. The van der Waals surface area contributed by atoms with E-state index in [-0.39, 0.29) is 12.7 Å². The van der Waals surface area contributed by atoms with Gasteiger partial charge in [0.05, 0.1) is 0 Å². The van der Waals surface area contributed by atoms with Crippen LogP contribution in [0.4, 0.5) is 5.69 Å². The lowest BCUT2D eigenvalue weighted by molar-refractivity contribution is -0.116. The van der Waals surface area contributed by atoms with Crippen LogP contribution in [0.5, 0.6) is 11.5 Å². The third-order valence-corrected chi connectivity index (χ3v) is 3.68. The summed E-state index contributed by atoms with van der Waals surface area (Å²) in [6, 6.07) is 13.0.